The maximum Gasteiger partial charge on any atom is 0.339 e. The molecule has 0 saturated carbocycles. The van der Waals surface area contributed by atoms with E-state index in [2.05, 4.69) is 4.74 Å². The van der Waals surface area contributed by atoms with Crippen molar-refractivity contribution >= 4 is 21.9 Å². The van der Waals surface area contributed by atoms with Crippen molar-refractivity contribution in [3.63, 3.8) is 0 Å². The fraction of sp³-hybridized carbons (Fsp3) is 0.167. The lowest BCUT2D eigenvalue weighted by molar-refractivity contribution is -0.127. The summed E-state index contributed by atoms with van der Waals surface area (Å²) in [6.07, 6.45) is -1.04. The molecule has 28 heavy (non-hydrogen) atoms. The molecule has 0 aliphatic heterocycles. The van der Waals surface area contributed by atoms with Gasteiger partial charge in [0.05, 0.1) is 29.2 Å². The maximum absolute atomic E-state index is 12.4. The summed E-state index contributed by atoms with van der Waals surface area (Å²) in [5, 5.41) is 8.76. The van der Waals surface area contributed by atoms with Crippen molar-refractivity contribution in [3.05, 3.63) is 59.7 Å². The van der Waals surface area contributed by atoms with Crippen LogP contribution in [0.3, 0.4) is 0 Å². The van der Waals surface area contributed by atoms with Gasteiger partial charge in [0.1, 0.15) is 5.75 Å². The largest absolute Gasteiger partial charge is 0.481 e. The second kappa shape index (κ2) is 8.98. The molecule has 1 amide bonds. The van der Waals surface area contributed by atoms with E-state index >= 15 is 0 Å². The van der Waals surface area contributed by atoms with Crippen molar-refractivity contribution in [2.24, 2.45) is 0 Å². The Kier molecular flexibility index (Phi) is 6.70. The number of ether oxygens (including phenoxy) is 2. The molecule has 0 saturated heterocycles. The molecule has 0 radical (unpaired) electrons. The molecule has 0 aliphatic carbocycles. The predicted octanol–water partition coefficient (Wildman–Crippen LogP) is 1.12. The first-order valence-electron chi connectivity index (χ1n) is 7.94. The Morgan fingerprint density at radius 2 is 1.75 bits per heavy atom. The van der Waals surface area contributed by atoms with Crippen LogP contribution in [0.5, 0.6) is 5.75 Å². The second-order valence-corrected chi connectivity index (χ2v) is 7.13. The molecular formula is C18H17N3O6S. The standard InChI is InChI=1S/C18H17N3O6S/c1-12(27-14-9-7-13(11-19)8-10-14)17(22)20-21-28(24,25)16-6-4-3-5-15(16)18(23)26-2/h3-10,12,21H,1-2H3,(H,20,22)/t12-/m1/s1. The molecule has 0 spiro atoms. The third kappa shape index (κ3) is 5.06. The lowest BCUT2D eigenvalue weighted by Crippen LogP contribution is -2.47. The normalized spacial score (nSPS) is 11.8. The molecule has 9 nitrogen and oxygen atoms in total. The molecule has 2 aromatic carbocycles. The van der Waals surface area contributed by atoms with Gasteiger partial charge in [-0.25, -0.2) is 13.2 Å². The number of hydrogen-bond donors (Lipinski definition) is 2. The number of methoxy groups -OCH3 is 1. The smallest absolute Gasteiger partial charge is 0.339 e. The minimum Gasteiger partial charge on any atom is -0.481 e. The van der Waals surface area contributed by atoms with Gasteiger partial charge in [0.25, 0.3) is 15.9 Å². The Morgan fingerprint density at radius 3 is 2.36 bits per heavy atom. The molecule has 2 rings (SSSR count). The number of esters is 1. The Labute approximate surface area is 161 Å². The number of rotatable bonds is 7. The molecule has 0 fully saturated rings. The van der Waals surface area contributed by atoms with Crippen LogP contribution in [-0.2, 0) is 19.6 Å². The van der Waals surface area contributed by atoms with Gasteiger partial charge in [0.2, 0.25) is 0 Å². The topological polar surface area (TPSA) is 135 Å². The summed E-state index contributed by atoms with van der Waals surface area (Å²) in [4.78, 5) is 25.4. The van der Waals surface area contributed by atoms with Crippen molar-refractivity contribution in [3.8, 4) is 11.8 Å². The van der Waals surface area contributed by atoms with E-state index in [1.165, 1.54) is 55.5 Å². The number of amides is 1. The van der Waals surface area contributed by atoms with Crippen molar-refractivity contribution in [2.75, 3.05) is 7.11 Å². The number of nitrogens with one attached hydrogen (secondary N) is 2. The highest BCUT2D eigenvalue weighted by atomic mass is 32.2. The van der Waals surface area contributed by atoms with Gasteiger partial charge in [0.15, 0.2) is 6.10 Å². The number of hydrogen-bond acceptors (Lipinski definition) is 7. The summed E-state index contributed by atoms with van der Waals surface area (Å²) in [6.45, 7) is 1.42. The molecule has 2 N–H and O–H groups in total. The van der Waals surface area contributed by atoms with Crippen LogP contribution in [-0.4, -0.2) is 33.5 Å². The molecule has 0 heterocycles. The van der Waals surface area contributed by atoms with E-state index in [4.69, 9.17) is 10.00 Å². The summed E-state index contributed by atoms with van der Waals surface area (Å²) in [5.41, 5.74) is 2.30. The Bertz CT molecular complexity index is 1010. The first-order chi connectivity index (χ1) is 13.3. The minimum atomic E-state index is -4.23. The summed E-state index contributed by atoms with van der Waals surface area (Å²) in [7, 11) is -3.10. The van der Waals surface area contributed by atoms with Crippen LogP contribution >= 0.6 is 0 Å². The van der Waals surface area contributed by atoms with Crippen LogP contribution < -0.4 is 15.0 Å². The van der Waals surface area contributed by atoms with E-state index in [9.17, 15) is 18.0 Å². The number of nitrogens with zero attached hydrogens (tertiary/aromatic N) is 1. The van der Waals surface area contributed by atoms with Gasteiger partial charge in [-0.3, -0.25) is 10.2 Å². The van der Waals surface area contributed by atoms with Crippen molar-refractivity contribution in [1.29, 1.82) is 5.26 Å². The summed E-state index contributed by atoms with van der Waals surface area (Å²) >= 11 is 0. The fourth-order valence-corrected chi connectivity index (χ4v) is 3.16. The highest BCUT2D eigenvalue weighted by Gasteiger charge is 2.24. The lowest BCUT2D eigenvalue weighted by atomic mass is 10.2. The molecule has 10 heteroatoms. The van der Waals surface area contributed by atoms with Crippen LogP contribution in [0.1, 0.15) is 22.8 Å². The molecule has 146 valence electrons. The fourth-order valence-electron chi connectivity index (χ4n) is 2.12. The monoisotopic (exact) mass is 403 g/mol. The van der Waals surface area contributed by atoms with Crippen LogP contribution in [0.4, 0.5) is 0 Å². The Morgan fingerprint density at radius 1 is 1.11 bits per heavy atom. The van der Waals surface area contributed by atoms with Gasteiger partial charge in [-0.1, -0.05) is 12.1 Å². The highest BCUT2D eigenvalue weighted by molar-refractivity contribution is 7.89. The predicted molar refractivity (Wildman–Crippen MR) is 97.5 cm³/mol. The van der Waals surface area contributed by atoms with Crippen LogP contribution in [0.2, 0.25) is 0 Å². The summed E-state index contributed by atoms with van der Waals surface area (Å²) < 4.78 is 34.8. The van der Waals surface area contributed by atoms with Gasteiger partial charge in [-0.2, -0.15) is 5.26 Å². The minimum absolute atomic E-state index is 0.173. The van der Waals surface area contributed by atoms with Crippen LogP contribution in [0.15, 0.2) is 53.4 Å². The number of carbonyl (C=O) groups is 2. The van der Waals surface area contributed by atoms with E-state index in [-0.39, 0.29) is 10.5 Å². The van der Waals surface area contributed by atoms with Gasteiger partial charge in [-0.05, 0) is 43.3 Å². The SMILES string of the molecule is COC(=O)c1ccccc1S(=O)(=O)NNC(=O)[C@@H](C)Oc1ccc(C#N)cc1. The molecule has 0 bridgehead atoms. The Hall–Kier alpha value is -3.42. The zero-order valence-corrected chi connectivity index (χ0v) is 15.8. The number of carbonyl (C=O) groups excluding carboxylic acids is 2. The van der Waals surface area contributed by atoms with E-state index < -0.39 is 28.0 Å². The van der Waals surface area contributed by atoms with Crippen molar-refractivity contribution in [1.82, 2.24) is 10.3 Å². The molecule has 1 atom stereocenters. The zero-order chi connectivity index (χ0) is 20.7. The van der Waals surface area contributed by atoms with Crippen molar-refractivity contribution in [2.45, 2.75) is 17.9 Å². The lowest BCUT2D eigenvalue weighted by Gasteiger charge is -2.16. The Balaban J connectivity index is 2.05. The molecule has 0 aliphatic rings. The average Bonchev–Trinajstić information content (AvgIpc) is 2.72. The highest BCUT2D eigenvalue weighted by Crippen LogP contribution is 2.16. The van der Waals surface area contributed by atoms with Crippen LogP contribution in [0.25, 0.3) is 0 Å². The first-order valence-corrected chi connectivity index (χ1v) is 9.42. The number of benzene rings is 2. The first kappa shape index (κ1) is 20.9. The molecular weight excluding hydrogens is 386 g/mol. The van der Waals surface area contributed by atoms with Gasteiger partial charge >= 0.3 is 5.97 Å². The zero-order valence-electron chi connectivity index (χ0n) is 15.0. The molecule has 2 aromatic rings. The summed E-state index contributed by atoms with van der Waals surface area (Å²) in [6, 6.07) is 13.4. The quantitative estimate of drug-likeness (QED) is 0.522. The average molecular weight is 403 g/mol. The van der Waals surface area contributed by atoms with E-state index in [0.29, 0.717) is 11.3 Å². The third-order valence-corrected chi connectivity index (χ3v) is 4.86. The van der Waals surface area contributed by atoms with Crippen LogP contribution in [0, 0.1) is 11.3 Å². The van der Waals surface area contributed by atoms with E-state index in [1.54, 1.807) is 0 Å². The van der Waals surface area contributed by atoms with E-state index in [0.717, 1.165) is 7.11 Å². The summed E-state index contributed by atoms with van der Waals surface area (Å²) in [5.74, 6) is -1.26. The second-order valence-electron chi connectivity index (χ2n) is 5.48. The van der Waals surface area contributed by atoms with Gasteiger partial charge < -0.3 is 9.47 Å². The molecule has 0 aromatic heterocycles. The number of nitriles is 1. The number of hydrazine groups is 1. The van der Waals surface area contributed by atoms with Gasteiger partial charge in [0, 0.05) is 0 Å². The van der Waals surface area contributed by atoms with Gasteiger partial charge in [-0.15, -0.1) is 4.83 Å². The van der Waals surface area contributed by atoms with E-state index in [1.807, 2.05) is 16.3 Å². The maximum atomic E-state index is 12.4. The van der Waals surface area contributed by atoms with Crippen molar-refractivity contribution < 1.29 is 27.5 Å². The third-order valence-electron chi connectivity index (χ3n) is 3.56. The molecule has 0 unspecified atom stereocenters. The number of sulfonamides is 1.